The summed E-state index contributed by atoms with van der Waals surface area (Å²) in [5, 5.41) is 7.65. The molecule has 0 aliphatic carbocycles. The first-order chi connectivity index (χ1) is 16.5. The molecule has 1 heterocycles. The molecule has 3 rings (SSSR count). The van der Waals surface area contributed by atoms with E-state index < -0.39 is 45.8 Å². The molecule has 9 nitrogen and oxygen atoms in total. The monoisotopic (exact) mass is 505 g/mol. The van der Waals surface area contributed by atoms with Gasteiger partial charge in [0.1, 0.15) is 33.7 Å². The van der Waals surface area contributed by atoms with Crippen LogP contribution in [-0.2, 0) is 27.4 Å². The van der Waals surface area contributed by atoms with Crippen LogP contribution in [0.25, 0.3) is 0 Å². The molecule has 0 radical (unpaired) electrons. The van der Waals surface area contributed by atoms with Gasteiger partial charge in [-0.1, -0.05) is 18.7 Å². The van der Waals surface area contributed by atoms with Crippen LogP contribution < -0.4 is 16.0 Å². The molecule has 0 unspecified atom stereocenters. The fourth-order valence-corrected chi connectivity index (χ4v) is 3.24. The van der Waals surface area contributed by atoms with E-state index in [-0.39, 0.29) is 22.8 Å². The first kappa shape index (κ1) is 25.4. The summed E-state index contributed by atoms with van der Waals surface area (Å²) < 4.78 is 62.0. The predicted molar refractivity (Wildman–Crippen MR) is 124 cm³/mol. The van der Waals surface area contributed by atoms with E-state index in [1.807, 2.05) is 0 Å². The number of benzene rings is 2. The number of carbonyl (C=O) groups is 2. The Balaban J connectivity index is 1.82. The Morgan fingerprint density at radius 3 is 2.31 bits per heavy atom. The number of rotatable bonds is 8. The second kappa shape index (κ2) is 10.8. The van der Waals surface area contributed by atoms with Gasteiger partial charge >= 0.3 is 6.18 Å². The van der Waals surface area contributed by atoms with E-state index in [9.17, 15) is 31.2 Å². The molecule has 13 heteroatoms. The summed E-state index contributed by atoms with van der Waals surface area (Å²) in [4.78, 5) is 31.3. The Kier molecular flexibility index (Phi) is 7.81. The lowest BCUT2D eigenvalue weighted by Crippen LogP contribution is -2.14. The van der Waals surface area contributed by atoms with Crippen LogP contribution >= 0.6 is 0 Å². The first-order valence-electron chi connectivity index (χ1n) is 9.82. The SMILES string of the molecule is C=CC(=O)Nc1cccc(C(=O)Nc2cccc(Nc3nc(C[SH](=O)=O)ncc3C(F)(F)F)c2)c1. The van der Waals surface area contributed by atoms with Crippen LogP contribution in [0.4, 0.5) is 36.1 Å². The zero-order chi connectivity index (χ0) is 25.6. The Labute approximate surface area is 199 Å². The van der Waals surface area contributed by atoms with Crippen molar-refractivity contribution >= 4 is 45.4 Å². The predicted octanol–water partition coefficient (Wildman–Crippen LogP) is 3.73. The molecular weight excluding hydrogens is 487 g/mol. The lowest BCUT2D eigenvalue weighted by atomic mass is 10.1. The van der Waals surface area contributed by atoms with E-state index in [0.29, 0.717) is 11.9 Å². The maximum absolute atomic E-state index is 13.4. The number of anilines is 4. The van der Waals surface area contributed by atoms with Crippen LogP contribution in [0.2, 0.25) is 0 Å². The number of aromatic nitrogens is 2. The summed E-state index contributed by atoms with van der Waals surface area (Å²) in [7, 11) is -2.94. The molecule has 3 aromatic rings. The molecule has 2 amide bonds. The van der Waals surface area contributed by atoms with Gasteiger partial charge in [0.25, 0.3) is 5.91 Å². The summed E-state index contributed by atoms with van der Waals surface area (Å²) in [6, 6.07) is 11.9. The van der Waals surface area contributed by atoms with Gasteiger partial charge < -0.3 is 16.0 Å². The highest BCUT2D eigenvalue weighted by atomic mass is 32.2. The molecule has 0 aliphatic rings. The summed E-state index contributed by atoms with van der Waals surface area (Å²) >= 11 is 0. The van der Waals surface area contributed by atoms with E-state index in [2.05, 4.69) is 32.5 Å². The summed E-state index contributed by atoms with van der Waals surface area (Å²) in [5.41, 5.74) is -0.188. The molecule has 182 valence electrons. The van der Waals surface area contributed by atoms with Crippen LogP contribution in [-0.4, -0.2) is 30.2 Å². The quantitative estimate of drug-likeness (QED) is 0.271. The molecule has 0 saturated heterocycles. The van der Waals surface area contributed by atoms with Crippen molar-refractivity contribution in [3.05, 3.63) is 84.3 Å². The lowest BCUT2D eigenvalue weighted by Gasteiger charge is -2.15. The maximum atomic E-state index is 13.4. The fourth-order valence-electron chi connectivity index (χ4n) is 2.86. The minimum Gasteiger partial charge on any atom is -0.340 e. The largest absolute Gasteiger partial charge is 0.421 e. The van der Waals surface area contributed by atoms with Gasteiger partial charge in [0.15, 0.2) is 0 Å². The topological polar surface area (TPSA) is 130 Å². The molecule has 0 bridgehead atoms. The van der Waals surface area contributed by atoms with Crippen molar-refractivity contribution in [1.82, 2.24) is 9.97 Å². The van der Waals surface area contributed by atoms with Gasteiger partial charge in [0.2, 0.25) is 5.91 Å². The minimum absolute atomic E-state index is 0.149. The van der Waals surface area contributed by atoms with Crippen LogP contribution in [0.1, 0.15) is 21.7 Å². The second-order valence-electron chi connectivity index (χ2n) is 6.97. The fraction of sp³-hybridized carbons (Fsp3) is 0.0909. The molecule has 0 saturated carbocycles. The van der Waals surface area contributed by atoms with E-state index in [1.54, 1.807) is 12.1 Å². The molecule has 0 atom stereocenters. The number of hydrogen-bond acceptors (Lipinski definition) is 7. The zero-order valence-corrected chi connectivity index (χ0v) is 18.7. The average Bonchev–Trinajstić information content (AvgIpc) is 2.78. The Hall–Kier alpha value is -4.26. The third-order valence-electron chi connectivity index (χ3n) is 4.38. The molecule has 1 aromatic heterocycles. The Morgan fingerprint density at radius 1 is 1.00 bits per heavy atom. The molecule has 0 spiro atoms. The molecule has 35 heavy (non-hydrogen) atoms. The van der Waals surface area contributed by atoms with Gasteiger partial charge in [-0.25, -0.2) is 18.4 Å². The van der Waals surface area contributed by atoms with Crippen molar-refractivity contribution in [3.8, 4) is 0 Å². The van der Waals surface area contributed by atoms with Gasteiger partial charge in [-0.3, -0.25) is 9.59 Å². The van der Waals surface area contributed by atoms with Gasteiger partial charge in [-0.15, -0.1) is 0 Å². The standard InChI is InChI=1S/C22H18F3N5O4S/c1-2-19(31)27-14-6-3-5-13(9-14)21(32)29-16-8-4-7-15(10-16)28-20-17(22(23,24)25)11-26-18(30-20)12-35(33)34/h2-11,35H,1,12H2,(H,27,31)(H,29,32)(H,26,28,30). The number of alkyl halides is 3. The van der Waals surface area contributed by atoms with Crippen LogP contribution in [0.15, 0.2) is 67.4 Å². The van der Waals surface area contributed by atoms with Gasteiger partial charge in [0, 0.05) is 28.8 Å². The van der Waals surface area contributed by atoms with Crippen molar-refractivity contribution in [1.29, 1.82) is 0 Å². The Morgan fingerprint density at radius 2 is 1.66 bits per heavy atom. The second-order valence-corrected chi connectivity index (χ2v) is 7.95. The number of nitrogens with zero attached hydrogens (tertiary/aromatic N) is 2. The molecule has 0 aliphatic heterocycles. The molecule has 2 aromatic carbocycles. The molecular formula is C22H18F3N5O4S. The summed E-state index contributed by atoms with van der Waals surface area (Å²) in [6.07, 6.45) is -3.21. The first-order valence-corrected chi connectivity index (χ1v) is 11.2. The third-order valence-corrected chi connectivity index (χ3v) is 4.92. The number of thiol groups is 1. The number of carbonyl (C=O) groups excluding carboxylic acids is 2. The van der Waals surface area contributed by atoms with Crippen molar-refractivity contribution in [2.24, 2.45) is 0 Å². The number of nitrogens with one attached hydrogen (secondary N) is 3. The molecule has 0 fully saturated rings. The van der Waals surface area contributed by atoms with Gasteiger partial charge in [0.05, 0.1) is 0 Å². The zero-order valence-electron chi connectivity index (χ0n) is 17.8. The Bertz CT molecular complexity index is 1350. The van der Waals surface area contributed by atoms with Crippen molar-refractivity contribution in [2.45, 2.75) is 11.9 Å². The van der Waals surface area contributed by atoms with Crippen LogP contribution in [0.3, 0.4) is 0 Å². The normalized spacial score (nSPS) is 11.1. The number of halogens is 3. The minimum atomic E-state index is -4.79. The van der Waals surface area contributed by atoms with Crippen molar-refractivity contribution in [2.75, 3.05) is 16.0 Å². The van der Waals surface area contributed by atoms with E-state index in [0.717, 1.165) is 6.08 Å². The maximum Gasteiger partial charge on any atom is 0.421 e. The van der Waals surface area contributed by atoms with Crippen LogP contribution in [0.5, 0.6) is 0 Å². The highest BCUT2D eigenvalue weighted by molar-refractivity contribution is 7.71. The van der Waals surface area contributed by atoms with Crippen molar-refractivity contribution < 1.29 is 31.2 Å². The summed E-state index contributed by atoms with van der Waals surface area (Å²) in [5.74, 6) is -2.53. The molecule has 3 N–H and O–H groups in total. The van der Waals surface area contributed by atoms with Crippen molar-refractivity contribution in [3.63, 3.8) is 0 Å². The average molecular weight is 505 g/mol. The van der Waals surface area contributed by atoms with E-state index >= 15 is 0 Å². The van der Waals surface area contributed by atoms with E-state index in [4.69, 9.17) is 0 Å². The smallest absolute Gasteiger partial charge is 0.340 e. The number of hydrogen-bond donors (Lipinski definition) is 4. The highest BCUT2D eigenvalue weighted by Crippen LogP contribution is 2.35. The third kappa shape index (κ3) is 7.11. The summed E-state index contributed by atoms with van der Waals surface area (Å²) in [6.45, 7) is 3.35. The van der Waals surface area contributed by atoms with Gasteiger partial charge in [-0.05, 0) is 42.5 Å². The van der Waals surface area contributed by atoms with Gasteiger partial charge in [-0.2, -0.15) is 13.2 Å². The van der Waals surface area contributed by atoms with Crippen LogP contribution in [0, 0.1) is 0 Å². The lowest BCUT2D eigenvalue weighted by molar-refractivity contribution is -0.137. The highest BCUT2D eigenvalue weighted by Gasteiger charge is 2.35. The van der Waals surface area contributed by atoms with E-state index in [1.165, 1.54) is 36.4 Å². The number of amides is 2.